The molecule has 0 spiro atoms. The number of aliphatic hydroxyl groups is 1. The quantitative estimate of drug-likeness (QED) is 0.0493. The average Bonchev–Trinajstić information content (AvgIpc) is 3.15. The van der Waals surface area contributed by atoms with Crippen molar-refractivity contribution in [3.63, 3.8) is 0 Å². The number of carbonyl (C=O) groups excluding carboxylic acids is 2. The van der Waals surface area contributed by atoms with Crippen LogP contribution in [0.1, 0.15) is 252 Å². The molecule has 0 aliphatic carbocycles. The summed E-state index contributed by atoms with van der Waals surface area (Å²) in [5.74, 6) is -0.00655. The summed E-state index contributed by atoms with van der Waals surface area (Å²) in [6.45, 7) is 10.9. The Balaban J connectivity index is 4.17. The monoisotopic (exact) mass is 752 g/mol. The van der Waals surface area contributed by atoms with Gasteiger partial charge in [-0.15, -0.1) is 0 Å². The van der Waals surface area contributed by atoms with Crippen molar-refractivity contribution in [1.29, 1.82) is 0 Å². The van der Waals surface area contributed by atoms with Gasteiger partial charge < -0.3 is 19.5 Å². The van der Waals surface area contributed by atoms with E-state index in [-0.39, 0.29) is 24.6 Å². The molecule has 1 N–H and O–H groups in total. The molecule has 0 atom stereocenters. The van der Waals surface area contributed by atoms with Gasteiger partial charge in [-0.25, -0.2) is 0 Å². The normalized spacial score (nSPS) is 11.6. The van der Waals surface area contributed by atoms with Crippen molar-refractivity contribution in [2.45, 2.75) is 258 Å². The molecule has 0 aromatic heterocycles. The number of carbonyl (C=O) groups is 2. The maximum atomic E-state index is 12.8. The molecule has 0 aliphatic rings. The first kappa shape index (κ1) is 51.9. The summed E-state index contributed by atoms with van der Waals surface area (Å²) in [4.78, 5) is 27.5. The van der Waals surface area contributed by atoms with Gasteiger partial charge in [0.15, 0.2) is 0 Å². The van der Waals surface area contributed by atoms with Crippen LogP contribution in [-0.2, 0) is 19.1 Å². The molecule has 0 heterocycles. The van der Waals surface area contributed by atoms with Crippen LogP contribution in [0.5, 0.6) is 0 Å². The minimum atomic E-state index is -0.0279. The van der Waals surface area contributed by atoms with Crippen LogP contribution in [-0.4, -0.2) is 60.9 Å². The van der Waals surface area contributed by atoms with Crippen molar-refractivity contribution in [2.75, 3.05) is 32.8 Å². The van der Waals surface area contributed by atoms with E-state index in [1.807, 2.05) is 0 Å². The standard InChI is InChI=1S/C47H93NO5/c1-4-7-10-13-16-17-18-24-35-44-52-46(50)38-30-25-32-41-48(42-33-26-34-43-49)40-31-23-19-22-29-39-47(51)53-45(36-27-20-14-11-8-5-2)37-28-21-15-12-9-6-3/h45,49H,4-44H2,1-3H3. The zero-order chi connectivity index (χ0) is 38.7. The summed E-state index contributed by atoms with van der Waals surface area (Å²) in [6, 6.07) is 0. The number of hydrogen-bond donors (Lipinski definition) is 1. The number of rotatable bonds is 44. The Kier molecular flexibility index (Phi) is 42.6. The van der Waals surface area contributed by atoms with Crippen LogP contribution in [0, 0.1) is 0 Å². The lowest BCUT2D eigenvalue weighted by molar-refractivity contribution is -0.150. The smallest absolute Gasteiger partial charge is 0.306 e. The van der Waals surface area contributed by atoms with Gasteiger partial charge in [-0.1, -0.05) is 162 Å². The molecule has 0 aromatic carbocycles. The number of hydrogen-bond acceptors (Lipinski definition) is 6. The fraction of sp³-hybridized carbons (Fsp3) is 0.957. The fourth-order valence-corrected chi connectivity index (χ4v) is 7.36. The maximum absolute atomic E-state index is 12.8. The highest BCUT2D eigenvalue weighted by Gasteiger charge is 2.14. The Bertz CT molecular complexity index is 730. The molecule has 0 saturated heterocycles. The van der Waals surface area contributed by atoms with E-state index in [1.54, 1.807) is 0 Å². The average molecular weight is 752 g/mol. The lowest BCUT2D eigenvalue weighted by atomic mass is 10.0. The predicted molar refractivity (Wildman–Crippen MR) is 228 cm³/mol. The highest BCUT2D eigenvalue weighted by molar-refractivity contribution is 5.69. The Morgan fingerprint density at radius 2 is 0.792 bits per heavy atom. The number of ether oxygens (including phenoxy) is 2. The second-order valence-corrected chi connectivity index (χ2v) is 16.2. The number of unbranched alkanes of at least 4 members (excludes halogenated alkanes) is 26. The van der Waals surface area contributed by atoms with Gasteiger partial charge >= 0.3 is 11.9 Å². The van der Waals surface area contributed by atoms with Gasteiger partial charge in [0.2, 0.25) is 0 Å². The Labute approximate surface area is 331 Å². The molecule has 0 aromatic rings. The molecule has 0 unspecified atom stereocenters. The largest absolute Gasteiger partial charge is 0.466 e. The van der Waals surface area contributed by atoms with Crippen LogP contribution < -0.4 is 0 Å². The van der Waals surface area contributed by atoms with E-state index in [0.717, 1.165) is 90.3 Å². The Hall–Kier alpha value is -1.14. The SMILES string of the molecule is CCCCCCCCCCCOC(=O)CCCCCN(CCCCCO)CCCCCCCC(=O)OC(CCCCCCCC)CCCCCCCC. The summed E-state index contributed by atoms with van der Waals surface area (Å²) in [6.07, 6.45) is 42.0. The minimum Gasteiger partial charge on any atom is -0.466 e. The highest BCUT2D eigenvalue weighted by atomic mass is 16.5. The number of esters is 2. The van der Waals surface area contributed by atoms with E-state index >= 15 is 0 Å². The van der Waals surface area contributed by atoms with Crippen molar-refractivity contribution in [1.82, 2.24) is 4.90 Å². The van der Waals surface area contributed by atoms with E-state index in [4.69, 9.17) is 9.47 Å². The Morgan fingerprint density at radius 3 is 1.26 bits per heavy atom. The van der Waals surface area contributed by atoms with E-state index < -0.39 is 0 Å². The van der Waals surface area contributed by atoms with E-state index in [9.17, 15) is 14.7 Å². The molecule has 0 saturated carbocycles. The first-order chi connectivity index (χ1) is 26.1. The number of nitrogens with zero attached hydrogens (tertiary/aromatic N) is 1. The molecule has 53 heavy (non-hydrogen) atoms. The zero-order valence-electron chi connectivity index (χ0n) is 36.1. The van der Waals surface area contributed by atoms with Crippen molar-refractivity contribution in [3.8, 4) is 0 Å². The van der Waals surface area contributed by atoms with Gasteiger partial charge in [-0.2, -0.15) is 0 Å². The summed E-state index contributed by atoms with van der Waals surface area (Å²) in [5.41, 5.74) is 0. The molecule has 0 aliphatic heterocycles. The fourth-order valence-electron chi connectivity index (χ4n) is 7.36. The van der Waals surface area contributed by atoms with Crippen molar-refractivity contribution in [3.05, 3.63) is 0 Å². The molecule has 6 heteroatoms. The van der Waals surface area contributed by atoms with Crippen molar-refractivity contribution < 1.29 is 24.2 Å². The van der Waals surface area contributed by atoms with Crippen LogP contribution in [0.2, 0.25) is 0 Å². The summed E-state index contributed by atoms with van der Waals surface area (Å²) in [7, 11) is 0. The maximum Gasteiger partial charge on any atom is 0.306 e. The molecule has 0 amide bonds. The van der Waals surface area contributed by atoms with Crippen molar-refractivity contribution >= 4 is 11.9 Å². The lowest BCUT2D eigenvalue weighted by Gasteiger charge is -2.22. The third-order valence-electron chi connectivity index (χ3n) is 10.9. The highest BCUT2D eigenvalue weighted by Crippen LogP contribution is 2.19. The third-order valence-corrected chi connectivity index (χ3v) is 10.9. The summed E-state index contributed by atoms with van der Waals surface area (Å²) < 4.78 is 11.5. The summed E-state index contributed by atoms with van der Waals surface area (Å²) >= 11 is 0. The second-order valence-electron chi connectivity index (χ2n) is 16.2. The molecule has 316 valence electrons. The van der Waals surface area contributed by atoms with Gasteiger partial charge in [-0.05, 0) is 96.7 Å². The van der Waals surface area contributed by atoms with Crippen LogP contribution in [0.4, 0.5) is 0 Å². The van der Waals surface area contributed by atoms with Gasteiger partial charge in [0.1, 0.15) is 6.10 Å². The zero-order valence-corrected chi connectivity index (χ0v) is 36.1. The van der Waals surface area contributed by atoms with E-state index in [2.05, 4.69) is 25.7 Å². The minimum absolute atomic E-state index is 0.0214. The van der Waals surface area contributed by atoms with Crippen LogP contribution in [0.3, 0.4) is 0 Å². The van der Waals surface area contributed by atoms with Crippen LogP contribution in [0.15, 0.2) is 0 Å². The first-order valence-electron chi connectivity index (χ1n) is 23.8. The van der Waals surface area contributed by atoms with E-state index in [0.29, 0.717) is 19.4 Å². The molecule has 0 fully saturated rings. The van der Waals surface area contributed by atoms with Gasteiger partial charge in [0.05, 0.1) is 6.61 Å². The predicted octanol–water partition coefficient (Wildman–Crippen LogP) is 13.8. The molecule has 0 rings (SSSR count). The lowest BCUT2D eigenvalue weighted by Crippen LogP contribution is -2.27. The van der Waals surface area contributed by atoms with Crippen LogP contribution in [0.25, 0.3) is 0 Å². The second kappa shape index (κ2) is 43.6. The first-order valence-corrected chi connectivity index (χ1v) is 23.8. The van der Waals surface area contributed by atoms with Gasteiger partial charge in [0.25, 0.3) is 0 Å². The molecule has 0 bridgehead atoms. The van der Waals surface area contributed by atoms with Gasteiger partial charge in [0, 0.05) is 19.4 Å². The van der Waals surface area contributed by atoms with E-state index in [1.165, 1.54) is 148 Å². The molecular formula is C47H93NO5. The Morgan fingerprint density at radius 1 is 0.434 bits per heavy atom. The molecule has 0 radical (unpaired) electrons. The topological polar surface area (TPSA) is 76.1 Å². The number of aliphatic hydroxyl groups excluding tert-OH is 1. The molecule has 6 nitrogen and oxygen atoms in total. The van der Waals surface area contributed by atoms with Gasteiger partial charge in [-0.3, -0.25) is 9.59 Å². The van der Waals surface area contributed by atoms with Crippen molar-refractivity contribution in [2.24, 2.45) is 0 Å². The summed E-state index contributed by atoms with van der Waals surface area (Å²) in [5, 5.41) is 9.19. The third kappa shape index (κ3) is 40.3. The molecular weight excluding hydrogens is 659 g/mol. The van der Waals surface area contributed by atoms with Crippen LogP contribution >= 0.6 is 0 Å².